The minimum Gasteiger partial charge on any atom is -0.383 e. The van der Waals surface area contributed by atoms with Gasteiger partial charge >= 0.3 is 11.8 Å². The van der Waals surface area contributed by atoms with Gasteiger partial charge in [-0.1, -0.05) is 17.7 Å². The number of carbonyl (C=O) groups excluding carboxylic acids is 1. The molecule has 23 heavy (non-hydrogen) atoms. The highest BCUT2D eigenvalue weighted by Gasteiger charge is 2.18. The number of methoxy groups -OCH3 is 1. The minimum absolute atomic E-state index is 0.336. The van der Waals surface area contributed by atoms with Crippen molar-refractivity contribution in [3.63, 3.8) is 0 Å². The van der Waals surface area contributed by atoms with E-state index in [9.17, 15) is 9.59 Å². The summed E-state index contributed by atoms with van der Waals surface area (Å²) in [6, 6.07) is 6.50. The molecule has 0 aliphatic carbocycles. The maximum absolute atomic E-state index is 12.2. The normalized spacial score (nSPS) is 10.6. The van der Waals surface area contributed by atoms with Gasteiger partial charge in [0.25, 0.3) is 0 Å². The molecule has 0 atom stereocenters. The number of tetrazole rings is 1. The number of hydrogen-bond acceptors (Lipinski definition) is 6. The number of benzene rings is 1. The molecule has 0 spiro atoms. The highest BCUT2D eigenvalue weighted by atomic mass is 35.5. The monoisotopic (exact) mass is 341 g/mol. The molecule has 0 saturated carbocycles. The van der Waals surface area contributed by atoms with E-state index in [-0.39, 0.29) is 0 Å². The van der Waals surface area contributed by atoms with Gasteiger partial charge in [0.15, 0.2) is 0 Å². The Labute approximate surface area is 136 Å². The van der Waals surface area contributed by atoms with Crippen LogP contribution in [0.4, 0.5) is 4.79 Å². The van der Waals surface area contributed by atoms with E-state index in [2.05, 4.69) is 10.4 Å². The van der Waals surface area contributed by atoms with E-state index in [4.69, 9.17) is 21.2 Å². The van der Waals surface area contributed by atoms with E-state index in [1.54, 1.807) is 31.2 Å². The smallest absolute Gasteiger partial charge is 0.383 e. The Hall–Kier alpha value is -2.39. The lowest BCUT2D eigenvalue weighted by atomic mass is 10.3. The fraction of sp³-hybridized carbons (Fsp3) is 0.385. The molecule has 0 bridgehead atoms. The summed E-state index contributed by atoms with van der Waals surface area (Å²) in [5.41, 5.74) is -0.306. The average Bonchev–Trinajstić information content (AvgIpc) is 2.89. The van der Waals surface area contributed by atoms with Gasteiger partial charge in [-0.2, -0.15) is 4.68 Å². The molecular weight excluding hydrogens is 326 g/mol. The van der Waals surface area contributed by atoms with Crippen LogP contribution in [0.1, 0.15) is 6.92 Å². The Morgan fingerprint density at radius 1 is 1.39 bits per heavy atom. The van der Waals surface area contributed by atoms with Crippen LogP contribution in [0.2, 0.25) is 5.02 Å². The lowest BCUT2D eigenvalue weighted by Crippen LogP contribution is -2.42. The van der Waals surface area contributed by atoms with Crippen molar-refractivity contribution in [3.05, 3.63) is 39.8 Å². The Morgan fingerprint density at radius 2 is 2.17 bits per heavy atom. The zero-order chi connectivity index (χ0) is 16.8. The largest absolute Gasteiger partial charge is 0.436 e. The summed E-state index contributed by atoms with van der Waals surface area (Å²) in [5, 5.41) is 7.64. The molecule has 0 fully saturated rings. The first kappa shape index (κ1) is 17.0. The lowest BCUT2D eigenvalue weighted by molar-refractivity contribution is 0.0647. The standard InChI is InChI=1S/C13H16ClN5O4/c1-3-17(7-8-22-2)13(21)23-19-12(20)18(15-16-19)11-6-4-5-10(14)9-11/h4-6,9H,3,7-8H2,1-2H3. The molecule has 1 aromatic carbocycles. The van der Waals surface area contributed by atoms with Gasteiger partial charge in [-0.15, -0.1) is 0 Å². The fourth-order valence-corrected chi connectivity index (χ4v) is 1.96. The third-order valence-electron chi connectivity index (χ3n) is 2.98. The number of amides is 1. The number of carbonyl (C=O) groups is 1. The van der Waals surface area contributed by atoms with Crippen molar-refractivity contribution in [3.8, 4) is 5.69 Å². The summed E-state index contributed by atoms with van der Waals surface area (Å²) in [6.07, 6.45) is -0.718. The molecule has 2 aromatic rings. The topological polar surface area (TPSA) is 91.5 Å². The van der Waals surface area contributed by atoms with Crippen LogP contribution in [-0.4, -0.2) is 57.8 Å². The molecule has 10 heteroatoms. The molecule has 0 N–H and O–H groups in total. The van der Waals surface area contributed by atoms with Gasteiger partial charge in [0.2, 0.25) is 0 Å². The predicted octanol–water partition coefficient (Wildman–Crippen LogP) is 0.599. The van der Waals surface area contributed by atoms with Crippen molar-refractivity contribution in [2.75, 3.05) is 26.8 Å². The number of ether oxygens (including phenoxy) is 1. The third kappa shape index (κ3) is 4.08. The van der Waals surface area contributed by atoms with Crippen molar-refractivity contribution in [1.29, 1.82) is 0 Å². The van der Waals surface area contributed by atoms with Gasteiger partial charge < -0.3 is 9.64 Å². The predicted molar refractivity (Wildman–Crippen MR) is 81.7 cm³/mol. The van der Waals surface area contributed by atoms with Crippen molar-refractivity contribution < 1.29 is 14.4 Å². The molecule has 0 aliphatic heterocycles. The molecule has 0 aliphatic rings. The van der Waals surface area contributed by atoms with Gasteiger partial charge in [-0.3, -0.25) is 4.84 Å². The molecule has 1 amide bonds. The molecular formula is C13H16ClN5O4. The number of rotatable bonds is 6. The van der Waals surface area contributed by atoms with Crippen LogP contribution < -0.4 is 10.5 Å². The number of hydrogen-bond donors (Lipinski definition) is 0. The summed E-state index contributed by atoms with van der Waals surface area (Å²) in [6.45, 7) is 2.87. The lowest BCUT2D eigenvalue weighted by Gasteiger charge is -2.18. The quantitative estimate of drug-likeness (QED) is 0.714. The summed E-state index contributed by atoms with van der Waals surface area (Å²) in [7, 11) is 1.53. The fourth-order valence-electron chi connectivity index (χ4n) is 1.77. The van der Waals surface area contributed by atoms with Crippen LogP contribution in [-0.2, 0) is 4.74 Å². The summed E-state index contributed by atoms with van der Waals surface area (Å²) >= 11 is 5.87. The number of aromatic nitrogens is 4. The Kier molecular flexibility index (Phi) is 5.72. The second-order valence-electron chi connectivity index (χ2n) is 4.46. The minimum atomic E-state index is -0.719. The first-order valence-electron chi connectivity index (χ1n) is 6.84. The maximum atomic E-state index is 12.2. The Balaban J connectivity index is 2.16. The highest BCUT2D eigenvalue weighted by molar-refractivity contribution is 6.30. The SMILES string of the molecule is CCN(CCOC)C(=O)On1nnn(-c2cccc(Cl)c2)c1=O. The zero-order valence-electron chi connectivity index (χ0n) is 12.7. The van der Waals surface area contributed by atoms with Crippen molar-refractivity contribution in [2.24, 2.45) is 0 Å². The number of halogens is 1. The van der Waals surface area contributed by atoms with Gasteiger partial charge in [0, 0.05) is 25.2 Å². The van der Waals surface area contributed by atoms with Gasteiger partial charge in [0.1, 0.15) is 0 Å². The molecule has 124 valence electrons. The number of likely N-dealkylation sites (N-methyl/N-ethyl adjacent to an activating group) is 1. The third-order valence-corrected chi connectivity index (χ3v) is 3.21. The first-order valence-corrected chi connectivity index (χ1v) is 7.21. The van der Waals surface area contributed by atoms with Crippen LogP contribution in [0, 0.1) is 0 Å². The van der Waals surface area contributed by atoms with E-state index in [1.165, 1.54) is 12.0 Å². The molecule has 9 nitrogen and oxygen atoms in total. The van der Waals surface area contributed by atoms with Crippen molar-refractivity contribution in [2.45, 2.75) is 6.92 Å². The van der Waals surface area contributed by atoms with Crippen LogP contribution in [0.25, 0.3) is 5.69 Å². The van der Waals surface area contributed by atoms with Gasteiger partial charge in [-0.05, 0) is 40.4 Å². The molecule has 2 rings (SSSR count). The van der Waals surface area contributed by atoms with Gasteiger partial charge in [-0.25, -0.2) is 9.59 Å². The van der Waals surface area contributed by atoms with Crippen molar-refractivity contribution in [1.82, 2.24) is 24.9 Å². The van der Waals surface area contributed by atoms with E-state index in [0.717, 1.165) is 4.68 Å². The molecule has 1 heterocycles. The molecule has 1 aromatic heterocycles. The van der Waals surface area contributed by atoms with Crippen LogP contribution in [0.5, 0.6) is 0 Å². The molecule has 0 radical (unpaired) electrons. The average molecular weight is 342 g/mol. The maximum Gasteiger partial charge on any atom is 0.436 e. The molecule has 0 unspecified atom stereocenters. The van der Waals surface area contributed by atoms with E-state index >= 15 is 0 Å². The summed E-state index contributed by atoms with van der Waals surface area (Å²) < 4.78 is 5.89. The van der Waals surface area contributed by atoms with Crippen molar-refractivity contribution >= 4 is 17.7 Å². The highest BCUT2D eigenvalue weighted by Crippen LogP contribution is 2.11. The van der Waals surface area contributed by atoms with E-state index in [1.807, 2.05) is 0 Å². The van der Waals surface area contributed by atoms with Crippen LogP contribution >= 0.6 is 11.6 Å². The zero-order valence-corrected chi connectivity index (χ0v) is 13.4. The van der Waals surface area contributed by atoms with Crippen LogP contribution in [0.15, 0.2) is 29.1 Å². The summed E-state index contributed by atoms with van der Waals surface area (Å²) in [5.74, 6) is 0. The second-order valence-corrected chi connectivity index (χ2v) is 4.89. The second kappa shape index (κ2) is 7.75. The first-order chi connectivity index (χ1) is 11.1. The molecule has 0 saturated heterocycles. The van der Waals surface area contributed by atoms with Crippen LogP contribution in [0.3, 0.4) is 0 Å². The Morgan fingerprint density at radius 3 is 2.83 bits per heavy atom. The summed E-state index contributed by atoms with van der Waals surface area (Å²) in [4.78, 5) is 31.0. The van der Waals surface area contributed by atoms with Gasteiger partial charge in [0.05, 0.1) is 12.3 Å². The van der Waals surface area contributed by atoms with E-state index in [0.29, 0.717) is 35.3 Å². The Bertz CT molecular complexity index is 729. The number of nitrogens with zero attached hydrogens (tertiary/aromatic N) is 5. The van der Waals surface area contributed by atoms with E-state index < -0.39 is 11.8 Å².